The Labute approximate surface area is 84.9 Å². The van der Waals surface area contributed by atoms with Gasteiger partial charge in [0.15, 0.2) is 0 Å². The normalized spacial score (nSPS) is 30.4. The molecule has 2 aliphatic heterocycles. The molecule has 2 heterocycles. The van der Waals surface area contributed by atoms with Gasteiger partial charge in [-0.05, 0) is 25.9 Å². The molecule has 4 nitrogen and oxygen atoms in total. The summed E-state index contributed by atoms with van der Waals surface area (Å²) >= 11 is 0. The van der Waals surface area contributed by atoms with Crippen LogP contribution in [-0.2, 0) is 14.2 Å². The third-order valence-electron chi connectivity index (χ3n) is 2.69. The molecule has 0 aromatic rings. The van der Waals surface area contributed by atoms with Crippen molar-refractivity contribution in [1.82, 2.24) is 5.32 Å². The summed E-state index contributed by atoms with van der Waals surface area (Å²) in [6.07, 6.45) is 2.81. The lowest BCUT2D eigenvalue weighted by atomic mass is 10.1. The van der Waals surface area contributed by atoms with Crippen LogP contribution in [0.1, 0.15) is 12.8 Å². The van der Waals surface area contributed by atoms with Gasteiger partial charge < -0.3 is 19.5 Å². The monoisotopic (exact) mass is 201 g/mol. The van der Waals surface area contributed by atoms with Crippen LogP contribution in [-0.4, -0.2) is 51.7 Å². The zero-order chi connectivity index (χ0) is 9.64. The van der Waals surface area contributed by atoms with Gasteiger partial charge in [-0.2, -0.15) is 0 Å². The number of rotatable bonds is 3. The number of nitrogens with one attached hydrogen (secondary N) is 1. The fraction of sp³-hybridized carbons (Fsp3) is 1.00. The van der Waals surface area contributed by atoms with Crippen molar-refractivity contribution in [3.63, 3.8) is 0 Å². The van der Waals surface area contributed by atoms with Crippen LogP contribution in [0.5, 0.6) is 0 Å². The zero-order valence-electron chi connectivity index (χ0n) is 8.54. The van der Waals surface area contributed by atoms with Gasteiger partial charge in [-0.15, -0.1) is 0 Å². The van der Waals surface area contributed by atoms with Crippen LogP contribution in [0.15, 0.2) is 0 Å². The van der Waals surface area contributed by atoms with Gasteiger partial charge in [0, 0.05) is 0 Å². The molecule has 2 aliphatic rings. The Hall–Kier alpha value is -0.160. The summed E-state index contributed by atoms with van der Waals surface area (Å²) in [7, 11) is 0. The second-order valence-electron chi connectivity index (χ2n) is 3.85. The highest BCUT2D eigenvalue weighted by molar-refractivity contribution is 4.69. The van der Waals surface area contributed by atoms with E-state index in [0.29, 0.717) is 25.9 Å². The maximum Gasteiger partial charge on any atom is 0.104 e. The Morgan fingerprint density at radius 1 is 1.21 bits per heavy atom. The van der Waals surface area contributed by atoms with Crippen LogP contribution in [0.2, 0.25) is 0 Å². The summed E-state index contributed by atoms with van der Waals surface area (Å²) < 4.78 is 16.6. The smallest absolute Gasteiger partial charge is 0.104 e. The summed E-state index contributed by atoms with van der Waals surface area (Å²) in [5.74, 6) is 0. The van der Waals surface area contributed by atoms with Crippen molar-refractivity contribution < 1.29 is 14.2 Å². The number of piperidine rings is 1. The molecule has 0 aromatic heterocycles. The van der Waals surface area contributed by atoms with E-state index >= 15 is 0 Å². The predicted molar refractivity (Wildman–Crippen MR) is 52.4 cm³/mol. The van der Waals surface area contributed by atoms with Crippen LogP contribution in [0.25, 0.3) is 0 Å². The Morgan fingerprint density at radius 3 is 2.79 bits per heavy atom. The molecule has 0 amide bonds. The predicted octanol–water partition coefficient (Wildman–Crippen LogP) is 0.170. The molecule has 2 rings (SSSR count). The van der Waals surface area contributed by atoms with Crippen molar-refractivity contribution in [3.8, 4) is 0 Å². The molecular formula is C10H19NO3. The first kappa shape index (κ1) is 10.4. The lowest BCUT2D eigenvalue weighted by molar-refractivity contribution is -0.127. The van der Waals surface area contributed by atoms with E-state index < -0.39 is 0 Å². The van der Waals surface area contributed by atoms with Crippen molar-refractivity contribution in [2.45, 2.75) is 25.0 Å². The quantitative estimate of drug-likeness (QED) is 0.706. The lowest BCUT2D eigenvalue weighted by Gasteiger charge is -2.27. The summed E-state index contributed by atoms with van der Waals surface area (Å²) in [6, 6.07) is 0. The highest BCUT2D eigenvalue weighted by atomic mass is 16.6. The molecular weight excluding hydrogens is 182 g/mol. The number of hydrogen-bond acceptors (Lipinski definition) is 4. The second kappa shape index (κ2) is 5.66. The van der Waals surface area contributed by atoms with Crippen molar-refractivity contribution in [2.24, 2.45) is 0 Å². The summed E-state index contributed by atoms with van der Waals surface area (Å²) in [4.78, 5) is 0. The van der Waals surface area contributed by atoms with E-state index in [4.69, 9.17) is 14.2 Å². The minimum absolute atomic E-state index is 0.152. The molecule has 0 aliphatic carbocycles. The Morgan fingerprint density at radius 2 is 2.07 bits per heavy atom. The maximum absolute atomic E-state index is 5.78. The zero-order valence-corrected chi connectivity index (χ0v) is 8.54. The fourth-order valence-corrected chi connectivity index (χ4v) is 1.84. The van der Waals surface area contributed by atoms with Gasteiger partial charge in [-0.1, -0.05) is 0 Å². The molecule has 82 valence electrons. The van der Waals surface area contributed by atoms with Gasteiger partial charge >= 0.3 is 0 Å². The second-order valence-corrected chi connectivity index (χ2v) is 3.85. The molecule has 2 fully saturated rings. The van der Waals surface area contributed by atoms with Gasteiger partial charge in [0.25, 0.3) is 0 Å². The minimum Gasteiger partial charge on any atom is -0.376 e. The van der Waals surface area contributed by atoms with Gasteiger partial charge in [0.05, 0.1) is 32.5 Å². The van der Waals surface area contributed by atoms with Crippen LogP contribution >= 0.6 is 0 Å². The summed E-state index contributed by atoms with van der Waals surface area (Å²) in [5.41, 5.74) is 0. The molecule has 0 radical (unpaired) electrons. The van der Waals surface area contributed by atoms with Gasteiger partial charge in [-0.25, -0.2) is 0 Å². The van der Waals surface area contributed by atoms with Crippen molar-refractivity contribution in [3.05, 3.63) is 0 Å². The van der Waals surface area contributed by atoms with Gasteiger partial charge in [0.1, 0.15) is 6.10 Å². The first-order valence-corrected chi connectivity index (χ1v) is 5.47. The molecule has 0 aromatic carbocycles. The first-order chi connectivity index (χ1) is 6.95. The summed E-state index contributed by atoms with van der Waals surface area (Å²) in [6.45, 7) is 4.96. The fourth-order valence-electron chi connectivity index (χ4n) is 1.84. The van der Waals surface area contributed by atoms with Gasteiger partial charge in [0.2, 0.25) is 0 Å². The maximum atomic E-state index is 5.78. The molecule has 2 saturated heterocycles. The minimum atomic E-state index is 0.152. The van der Waals surface area contributed by atoms with Gasteiger partial charge in [-0.3, -0.25) is 0 Å². The largest absolute Gasteiger partial charge is 0.376 e. The van der Waals surface area contributed by atoms with E-state index in [1.807, 2.05) is 0 Å². The average molecular weight is 201 g/mol. The number of hydrogen-bond donors (Lipinski definition) is 1. The van der Waals surface area contributed by atoms with E-state index in [2.05, 4.69) is 5.32 Å². The van der Waals surface area contributed by atoms with Crippen LogP contribution in [0.4, 0.5) is 0 Å². The molecule has 14 heavy (non-hydrogen) atoms. The van der Waals surface area contributed by atoms with Crippen LogP contribution in [0, 0.1) is 0 Å². The molecule has 1 atom stereocenters. The third-order valence-corrected chi connectivity index (χ3v) is 2.69. The molecule has 0 bridgehead atoms. The van der Waals surface area contributed by atoms with E-state index in [0.717, 1.165) is 32.5 Å². The van der Waals surface area contributed by atoms with Crippen LogP contribution in [0.3, 0.4) is 0 Å². The number of ether oxygens (including phenoxy) is 3. The lowest BCUT2D eigenvalue weighted by Crippen LogP contribution is -2.37. The summed E-state index contributed by atoms with van der Waals surface area (Å²) in [5, 5.41) is 3.32. The Balaban J connectivity index is 1.60. The van der Waals surface area contributed by atoms with Crippen molar-refractivity contribution in [1.29, 1.82) is 0 Å². The van der Waals surface area contributed by atoms with E-state index in [1.165, 1.54) is 0 Å². The first-order valence-electron chi connectivity index (χ1n) is 5.47. The standard InChI is InChI=1S/C10H19NO3/c1-3-11-4-2-9(1)14-8-10-7-12-5-6-13-10/h9-11H,1-8H2. The van der Waals surface area contributed by atoms with E-state index in [9.17, 15) is 0 Å². The van der Waals surface area contributed by atoms with E-state index in [1.54, 1.807) is 0 Å². The van der Waals surface area contributed by atoms with Crippen LogP contribution < -0.4 is 5.32 Å². The topological polar surface area (TPSA) is 39.7 Å². The molecule has 0 saturated carbocycles. The molecule has 1 N–H and O–H groups in total. The van der Waals surface area contributed by atoms with Crippen molar-refractivity contribution >= 4 is 0 Å². The molecule has 0 spiro atoms. The SMILES string of the molecule is C1CC(OCC2COCCO2)CCN1. The molecule has 4 heteroatoms. The Bertz CT molecular complexity index is 135. The van der Waals surface area contributed by atoms with E-state index in [-0.39, 0.29) is 6.10 Å². The highest BCUT2D eigenvalue weighted by Crippen LogP contribution is 2.09. The average Bonchev–Trinajstić information content (AvgIpc) is 2.29. The Kier molecular flexibility index (Phi) is 4.19. The highest BCUT2D eigenvalue weighted by Gasteiger charge is 2.18. The third kappa shape index (κ3) is 3.20. The van der Waals surface area contributed by atoms with Crippen molar-refractivity contribution in [2.75, 3.05) is 39.5 Å². The molecule has 1 unspecified atom stereocenters.